The summed E-state index contributed by atoms with van der Waals surface area (Å²) in [6, 6.07) is 8.82. The minimum Gasteiger partial charge on any atom is -0.469 e. The van der Waals surface area contributed by atoms with Crippen molar-refractivity contribution in [3.8, 4) is 0 Å². The highest BCUT2D eigenvalue weighted by Crippen LogP contribution is 2.17. The molecule has 1 atom stereocenters. The molecule has 1 aliphatic rings. The second-order valence-electron chi connectivity index (χ2n) is 7.02. The molecule has 0 spiro atoms. The molecule has 1 aliphatic heterocycles. The van der Waals surface area contributed by atoms with Gasteiger partial charge in [0.2, 0.25) is 0 Å². The van der Waals surface area contributed by atoms with Gasteiger partial charge in [0.1, 0.15) is 0 Å². The van der Waals surface area contributed by atoms with Gasteiger partial charge < -0.3 is 20.3 Å². The Morgan fingerprint density at radius 3 is 2.58 bits per heavy atom. The third kappa shape index (κ3) is 7.04. The summed E-state index contributed by atoms with van der Waals surface area (Å²) in [6.07, 6.45) is 3.56. The van der Waals surface area contributed by atoms with Crippen molar-refractivity contribution < 1.29 is 14.3 Å². The maximum atomic E-state index is 12.2. The maximum Gasteiger partial charge on any atom is 0.315 e. The predicted molar refractivity (Wildman–Crippen MR) is 102 cm³/mol. The summed E-state index contributed by atoms with van der Waals surface area (Å²) >= 11 is 0. The minimum atomic E-state index is -0.396. The molecule has 1 saturated heterocycles. The van der Waals surface area contributed by atoms with Crippen LogP contribution < -0.4 is 10.6 Å². The molecular weight excluding hydrogens is 330 g/mol. The van der Waals surface area contributed by atoms with Gasteiger partial charge in [0.05, 0.1) is 19.6 Å². The molecule has 1 aromatic rings. The van der Waals surface area contributed by atoms with E-state index in [-0.39, 0.29) is 18.4 Å². The van der Waals surface area contributed by atoms with Crippen molar-refractivity contribution in [2.24, 2.45) is 5.92 Å². The van der Waals surface area contributed by atoms with E-state index in [0.717, 1.165) is 37.5 Å². The van der Waals surface area contributed by atoms with Gasteiger partial charge in [0.15, 0.2) is 0 Å². The van der Waals surface area contributed by atoms with Crippen molar-refractivity contribution in [3.05, 3.63) is 35.9 Å². The van der Waals surface area contributed by atoms with Gasteiger partial charge in [-0.1, -0.05) is 37.3 Å². The van der Waals surface area contributed by atoms with Crippen molar-refractivity contribution in [1.82, 2.24) is 15.5 Å². The lowest BCUT2D eigenvalue weighted by Crippen LogP contribution is -2.40. The number of esters is 1. The molecule has 0 bridgehead atoms. The monoisotopic (exact) mass is 361 g/mol. The first kappa shape index (κ1) is 20.2. The van der Waals surface area contributed by atoms with Gasteiger partial charge in [-0.15, -0.1) is 0 Å². The SMILES string of the molecule is COC(=O)C[C@@H](NC(=O)NCCCN1CCC(C)CC1)c1ccccc1. The average Bonchev–Trinajstić information content (AvgIpc) is 2.66. The minimum absolute atomic E-state index is 0.111. The molecule has 0 aromatic heterocycles. The zero-order valence-electron chi connectivity index (χ0n) is 15.9. The number of rotatable bonds is 8. The van der Waals surface area contributed by atoms with Gasteiger partial charge in [0.25, 0.3) is 0 Å². The first-order chi connectivity index (χ1) is 12.6. The standard InChI is InChI=1S/C20H31N3O3/c1-16-9-13-23(14-10-16)12-6-11-21-20(25)22-18(15-19(24)26-2)17-7-4-3-5-8-17/h3-5,7-8,16,18H,6,9-15H2,1-2H3,(H2,21,22,25)/t18-/m1/s1. The number of hydrogen-bond donors (Lipinski definition) is 2. The number of urea groups is 1. The predicted octanol–water partition coefficient (Wildman–Crippen LogP) is 2.71. The Hall–Kier alpha value is -2.08. The summed E-state index contributed by atoms with van der Waals surface area (Å²) in [5.74, 6) is 0.485. The van der Waals surface area contributed by atoms with E-state index < -0.39 is 6.04 Å². The zero-order chi connectivity index (χ0) is 18.8. The fourth-order valence-corrected chi connectivity index (χ4v) is 3.19. The third-order valence-electron chi connectivity index (χ3n) is 4.92. The first-order valence-electron chi connectivity index (χ1n) is 9.47. The molecule has 26 heavy (non-hydrogen) atoms. The van der Waals surface area contributed by atoms with Crippen molar-refractivity contribution >= 4 is 12.0 Å². The van der Waals surface area contributed by atoms with Crippen molar-refractivity contribution in [1.29, 1.82) is 0 Å². The Bertz CT molecular complexity index is 557. The van der Waals surface area contributed by atoms with Crippen LogP contribution in [0, 0.1) is 5.92 Å². The fraction of sp³-hybridized carbons (Fsp3) is 0.600. The number of carbonyl (C=O) groups is 2. The van der Waals surface area contributed by atoms with Crippen LogP contribution in [-0.4, -0.2) is 50.2 Å². The lowest BCUT2D eigenvalue weighted by molar-refractivity contribution is -0.141. The Morgan fingerprint density at radius 1 is 1.23 bits per heavy atom. The van der Waals surface area contributed by atoms with Crippen LogP contribution in [0.5, 0.6) is 0 Å². The number of nitrogens with zero attached hydrogens (tertiary/aromatic N) is 1. The smallest absolute Gasteiger partial charge is 0.315 e. The van der Waals surface area contributed by atoms with Crippen LogP contribution in [0.2, 0.25) is 0 Å². The molecule has 0 aliphatic carbocycles. The normalized spacial score (nSPS) is 16.7. The summed E-state index contributed by atoms with van der Waals surface area (Å²) in [7, 11) is 1.35. The molecule has 2 rings (SSSR count). The summed E-state index contributed by atoms with van der Waals surface area (Å²) < 4.78 is 4.74. The molecule has 144 valence electrons. The summed E-state index contributed by atoms with van der Waals surface area (Å²) in [4.78, 5) is 26.3. The first-order valence-corrected chi connectivity index (χ1v) is 9.47. The lowest BCUT2D eigenvalue weighted by atomic mass is 9.99. The van der Waals surface area contributed by atoms with Gasteiger partial charge in [-0.3, -0.25) is 4.79 Å². The Balaban J connectivity index is 1.73. The van der Waals surface area contributed by atoms with Crippen LogP contribution in [0.3, 0.4) is 0 Å². The van der Waals surface area contributed by atoms with Crippen molar-refractivity contribution in [3.63, 3.8) is 0 Å². The van der Waals surface area contributed by atoms with Gasteiger partial charge in [-0.05, 0) is 50.4 Å². The van der Waals surface area contributed by atoms with Crippen LogP contribution in [0.25, 0.3) is 0 Å². The van der Waals surface area contributed by atoms with E-state index in [9.17, 15) is 9.59 Å². The molecular formula is C20H31N3O3. The van der Waals surface area contributed by atoms with E-state index in [1.165, 1.54) is 20.0 Å². The van der Waals surface area contributed by atoms with Crippen LogP contribution >= 0.6 is 0 Å². The number of carbonyl (C=O) groups excluding carboxylic acids is 2. The Labute approximate surface area is 156 Å². The van der Waals surface area contributed by atoms with E-state index in [1.54, 1.807) is 0 Å². The number of ether oxygens (including phenoxy) is 1. The summed E-state index contributed by atoms with van der Waals surface area (Å²) in [6.45, 7) is 6.25. The molecule has 6 nitrogen and oxygen atoms in total. The van der Waals surface area contributed by atoms with Gasteiger partial charge in [-0.25, -0.2) is 4.79 Å². The number of amides is 2. The largest absolute Gasteiger partial charge is 0.469 e. The molecule has 1 fully saturated rings. The molecule has 2 amide bonds. The van der Waals surface area contributed by atoms with E-state index in [4.69, 9.17) is 4.74 Å². The van der Waals surface area contributed by atoms with E-state index >= 15 is 0 Å². The molecule has 0 saturated carbocycles. The number of hydrogen-bond acceptors (Lipinski definition) is 4. The second-order valence-corrected chi connectivity index (χ2v) is 7.02. The molecule has 0 radical (unpaired) electrons. The van der Waals surface area contributed by atoms with Crippen LogP contribution in [0.4, 0.5) is 4.79 Å². The molecule has 6 heteroatoms. The highest BCUT2D eigenvalue weighted by Gasteiger charge is 2.19. The topological polar surface area (TPSA) is 70.7 Å². The van der Waals surface area contributed by atoms with E-state index in [1.807, 2.05) is 30.3 Å². The van der Waals surface area contributed by atoms with E-state index in [2.05, 4.69) is 22.5 Å². The fourth-order valence-electron chi connectivity index (χ4n) is 3.19. The molecule has 1 aromatic carbocycles. The second kappa shape index (κ2) is 10.8. The van der Waals surface area contributed by atoms with Crippen molar-refractivity contribution in [2.75, 3.05) is 33.3 Å². The van der Waals surface area contributed by atoms with Gasteiger partial charge in [0, 0.05) is 6.54 Å². The zero-order valence-corrected chi connectivity index (χ0v) is 15.9. The highest BCUT2D eigenvalue weighted by molar-refractivity contribution is 5.76. The average molecular weight is 361 g/mol. The van der Waals surface area contributed by atoms with Crippen LogP contribution in [0.15, 0.2) is 30.3 Å². The highest BCUT2D eigenvalue weighted by atomic mass is 16.5. The maximum absolute atomic E-state index is 12.2. The molecule has 2 N–H and O–H groups in total. The van der Waals surface area contributed by atoms with Crippen LogP contribution in [0.1, 0.15) is 44.2 Å². The van der Waals surface area contributed by atoms with Gasteiger partial charge >= 0.3 is 12.0 Å². The Morgan fingerprint density at radius 2 is 1.92 bits per heavy atom. The number of methoxy groups -OCH3 is 1. The van der Waals surface area contributed by atoms with Gasteiger partial charge in [-0.2, -0.15) is 0 Å². The van der Waals surface area contributed by atoms with E-state index in [0.29, 0.717) is 6.54 Å². The van der Waals surface area contributed by atoms with Crippen molar-refractivity contribution in [2.45, 2.75) is 38.6 Å². The quantitative estimate of drug-likeness (QED) is 0.552. The number of piperidine rings is 1. The molecule has 0 unspecified atom stereocenters. The van der Waals surface area contributed by atoms with Crippen LogP contribution in [-0.2, 0) is 9.53 Å². The number of likely N-dealkylation sites (tertiary alicyclic amines) is 1. The summed E-state index contributed by atoms with van der Waals surface area (Å²) in [5.41, 5.74) is 0.885. The third-order valence-corrected chi connectivity index (χ3v) is 4.92. The number of nitrogens with one attached hydrogen (secondary N) is 2. The lowest BCUT2D eigenvalue weighted by Gasteiger charge is -2.30. The number of benzene rings is 1. The summed E-state index contributed by atoms with van der Waals surface area (Å²) in [5, 5.41) is 5.77. The molecule has 1 heterocycles. The Kier molecular flexibility index (Phi) is 8.41.